The second-order valence-electron chi connectivity index (χ2n) is 8.27. The molecule has 3 rings (SSSR count). The smallest absolute Gasteiger partial charge is 0.326 e. The van der Waals surface area contributed by atoms with Crippen molar-refractivity contribution in [2.75, 3.05) is 0 Å². The molecule has 0 bridgehead atoms. The number of benzene rings is 3. The molecule has 35 heavy (non-hydrogen) atoms. The average molecular weight is 493 g/mol. The number of aliphatic carboxylic acids is 1. The Kier molecular flexibility index (Phi) is 8.92. The van der Waals surface area contributed by atoms with Crippen molar-refractivity contribution in [2.45, 2.75) is 36.6 Å². The Bertz CT molecular complexity index is 1140. The van der Waals surface area contributed by atoms with Crippen LogP contribution in [0.2, 0.25) is 0 Å². The van der Waals surface area contributed by atoms with Crippen LogP contribution in [0.15, 0.2) is 84.9 Å². The zero-order valence-corrected chi connectivity index (χ0v) is 20.1. The highest BCUT2D eigenvalue weighted by atomic mass is 32.1. The minimum atomic E-state index is -1.23. The van der Waals surface area contributed by atoms with Crippen LogP contribution in [-0.4, -0.2) is 40.1 Å². The van der Waals surface area contributed by atoms with E-state index in [9.17, 15) is 24.6 Å². The average Bonchev–Trinajstić information content (AvgIpc) is 2.88. The molecule has 4 N–H and O–H groups in total. The lowest BCUT2D eigenvalue weighted by Gasteiger charge is -2.27. The Balaban J connectivity index is 1.82. The highest BCUT2D eigenvalue weighted by Crippen LogP contribution is 2.23. The van der Waals surface area contributed by atoms with Crippen LogP contribution in [-0.2, 0) is 20.8 Å². The minimum absolute atomic E-state index is 0.0148. The summed E-state index contributed by atoms with van der Waals surface area (Å²) in [5, 5.41) is 23.7. The molecule has 0 heterocycles. The van der Waals surface area contributed by atoms with Gasteiger partial charge >= 0.3 is 5.97 Å². The van der Waals surface area contributed by atoms with Crippen LogP contribution < -0.4 is 10.6 Å². The molecule has 0 radical (unpaired) electrons. The van der Waals surface area contributed by atoms with Gasteiger partial charge < -0.3 is 20.8 Å². The Labute approximate surface area is 209 Å². The molecule has 0 aliphatic rings. The fourth-order valence-corrected chi connectivity index (χ4v) is 3.96. The third-order valence-corrected chi connectivity index (χ3v) is 6.29. The molecule has 0 saturated heterocycles. The zero-order valence-electron chi connectivity index (χ0n) is 19.2. The lowest BCUT2D eigenvalue weighted by molar-refractivity contribution is -0.142. The summed E-state index contributed by atoms with van der Waals surface area (Å²) in [6, 6.07) is 22.0. The molecule has 3 aromatic rings. The van der Waals surface area contributed by atoms with E-state index in [1.54, 1.807) is 43.3 Å². The third kappa shape index (κ3) is 7.10. The van der Waals surface area contributed by atoms with Crippen LogP contribution in [0.1, 0.15) is 34.8 Å². The molecule has 182 valence electrons. The fraction of sp³-hybridized carbons (Fsp3) is 0.222. The van der Waals surface area contributed by atoms with Gasteiger partial charge in [0.15, 0.2) is 0 Å². The summed E-state index contributed by atoms with van der Waals surface area (Å²) in [7, 11) is 0. The van der Waals surface area contributed by atoms with Crippen LogP contribution in [0.5, 0.6) is 5.75 Å². The Morgan fingerprint density at radius 3 is 1.89 bits per heavy atom. The molecule has 3 aromatic carbocycles. The van der Waals surface area contributed by atoms with E-state index >= 15 is 0 Å². The number of carboxylic acids is 1. The molecule has 0 fully saturated rings. The van der Waals surface area contributed by atoms with E-state index in [1.807, 2.05) is 36.4 Å². The first kappa shape index (κ1) is 25.8. The first-order valence-corrected chi connectivity index (χ1v) is 11.7. The van der Waals surface area contributed by atoms with E-state index in [0.29, 0.717) is 11.1 Å². The van der Waals surface area contributed by atoms with E-state index < -0.39 is 41.0 Å². The lowest BCUT2D eigenvalue weighted by atomic mass is 9.92. The zero-order chi connectivity index (χ0) is 25.4. The summed E-state index contributed by atoms with van der Waals surface area (Å²) >= 11 is 4.43. The van der Waals surface area contributed by atoms with Gasteiger partial charge in [0, 0.05) is 12.3 Å². The molecule has 3 unspecified atom stereocenters. The maximum Gasteiger partial charge on any atom is 0.326 e. The second-order valence-corrected chi connectivity index (χ2v) is 8.79. The van der Waals surface area contributed by atoms with Crippen LogP contribution in [0.4, 0.5) is 0 Å². The van der Waals surface area contributed by atoms with Gasteiger partial charge in [0.1, 0.15) is 23.1 Å². The largest absolute Gasteiger partial charge is 0.508 e. The van der Waals surface area contributed by atoms with Crippen molar-refractivity contribution < 1.29 is 24.6 Å². The molecular formula is C27H28N2O5S. The van der Waals surface area contributed by atoms with Crippen molar-refractivity contribution in [1.29, 1.82) is 0 Å². The molecule has 0 saturated carbocycles. The molecule has 0 aliphatic heterocycles. The molecule has 8 heteroatoms. The van der Waals surface area contributed by atoms with Crippen molar-refractivity contribution >= 4 is 30.4 Å². The number of carbonyl (C=O) groups is 3. The van der Waals surface area contributed by atoms with Crippen LogP contribution >= 0.6 is 12.6 Å². The van der Waals surface area contributed by atoms with Crippen LogP contribution in [0, 0.1) is 0 Å². The van der Waals surface area contributed by atoms with Crippen molar-refractivity contribution in [3.63, 3.8) is 0 Å². The summed E-state index contributed by atoms with van der Waals surface area (Å²) in [5.74, 6) is -2.68. The molecule has 7 nitrogen and oxygen atoms in total. The maximum absolute atomic E-state index is 13.4. The number of thiol groups is 1. The summed E-state index contributed by atoms with van der Waals surface area (Å²) in [6.07, 6.45) is 0.0148. The first-order valence-electron chi connectivity index (χ1n) is 11.2. The van der Waals surface area contributed by atoms with Crippen LogP contribution in [0.3, 0.4) is 0 Å². The predicted molar refractivity (Wildman–Crippen MR) is 136 cm³/mol. The van der Waals surface area contributed by atoms with Crippen molar-refractivity contribution in [3.8, 4) is 5.75 Å². The number of aromatic hydroxyl groups is 1. The van der Waals surface area contributed by atoms with Gasteiger partial charge in [0.25, 0.3) is 0 Å². The molecule has 4 atom stereocenters. The molecule has 0 spiro atoms. The predicted octanol–water partition coefficient (Wildman–Crippen LogP) is 3.46. The SMILES string of the molecule is CC(c1ccccc1)C(NC(=O)C(S)c1ccccc1)C(=O)N[C@@H](Cc1ccc(O)cc1)C(=O)O. The Hall–Kier alpha value is -3.78. The number of rotatable bonds is 10. The summed E-state index contributed by atoms with van der Waals surface area (Å²) in [5.41, 5.74) is 2.12. The number of phenolic OH excluding ortho intramolecular Hbond substituents is 1. The number of carboxylic acid groups (broad SMARTS) is 1. The van der Waals surface area contributed by atoms with Crippen molar-refractivity contribution in [2.24, 2.45) is 0 Å². The maximum atomic E-state index is 13.4. The van der Waals surface area contributed by atoms with Gasteiger partial charge in [-0.3, -0.25) is 9.59 Å². The monoisotopic (exact) mass is 492 g/mol. The van der Waals surface area contributed by atoms with Gasteiger partial charge in [0.05, 0.1) is 0 Å². The molecule has 2 amide bonds. The lowest BCUT2D eigenvalue weighted by Crippen LogP contribution is -2.54. The highest BCUT2D eigenvalue weighted by Gasteiger charge is 2.32. The fourth-order valence-electron chi connectivity index (χ4n) is 3.71. The van der Waals surface area contributed by atoms with Gasteiger partial charge in [-0.05, 0) is 28.8 Å². The van der Waals surface area contributed by atoms with Crippen molar-refractivity contribution in [3.05, 3.63) is 102 Å². The van der Waals surface area contributed by atoms with Gasteiger partial charge in [-0.1, -0.05) is 79.7 Å². The number of nitrogens with one attached hydrogen (secondary N) is 2. The van der Waals surface area contributed by atoms with Gasteiger partial charge in [0.2, 0.25) is 11.8 Å². The number of amides is 2. The van der Waals surface area contributed by atoms with Gasteiger partial charge in [-0.25, -0.2) is 4.79 Å². The van der Waals surface area contributed by atoms with Gasteiger partial charge in [-0.15, -0.1) is 0 Å². The van der Waals surface area contributed by atoms with E-state index in [2.05, 4.69) is 23.3 Å². The summed E-state index contributed by atoms with van der Waals surface area (Å²) in [4.78, 5) is 38.3. The topological polar surface area (TPSA) is 116 Å². The molecule has 0 aromatic heterocycles. The van der Waals surface area contributed by atoms with Crippen molar-refractivity contribution in [1.82, 2.24) is 10.6 Å². The van der Waals surface area contributed by atoms with Gasteiger partial charge in [-0.2, -0.15) is 12.6 Å². The first-order chi connectivity index (χ1) is 16.8. The van der Waals surface area contributed by atoms with E-state index in [-0.39, 0.29) is 12.2 Å². The molecule has 0 aliphatic carbocycles. The summed E-state index contributed by atoms with van der Waals surface area (Å²) < 4.78 is 0. The minimum Gasteiger partial charge on any atom is -0.508 e. The van der Waals surface area contributed by atoms with E-state index in [1.165, 1.54) is 12.1 Å². The number of hydrogen-bond acceptors (Lipinski definition) is 5. The quantitative estimate of drug-likeness (QED) is 0.278. The third-order valence-electron chi connectivity index (χ3n) is 5.76. The second kappa shape index (κ2) is 12.1. The van der Waals surface area contributed by atoms with E-state index in [4.69, 9.17) is 0 Å². The molecular weight excluding hydrogens is 464 g/mol. The Morgan fingerprint density at radius 1 is 0.800 bits per heavy atom. The summed E-state index contributed by atoms with van der Waals surface area (Å²) in [6.45, 7) is 1.80. The number of phenols is 1. The highest BCUT2D eigenvalue weighted by molar-refractivity contribution is 7.81. The standard InChI is InChI=1S/C27H28N2O5S/c1-17(19-8-4-2-5-9-19)23(29-26(32)24(35)20-10-6-3-7-11-20)25(31)28-22(27(33)34)16-18-12-14-21(30)15-13-18/h2-15,17,22-24,30,35H,16H2,1H3,(H,28,31)(H,29,32)(H,33,34)/t17?,22-,23?,24?/m0/s1. The number of hydrogen-bond donors (Lipinski definition) is 5. The van der Waals surface area contributed by atoms with Crippen LogP contribution in [0.25, 0.3) is 0 Å². The Morgan fingerprint density at radius 2 is 1.34 bits per heavy atom. The number of carbonyl (C=O) groups excluding carboxylic acids is 2. The normalized spacial score (nSPS) is 14.2. The van der Waals surface area contributed by atoms with E-state index in [0.717, 1.165) is 5.56 Å².